The molecule has 0 unspecified atom stereocenters. The standard InChI is InChI=1S/C21H16O4/c1-13-6-5-9-15(12-13)17-20(24)18(22)16(19(23)21(17)25)11-10-14-7-3-2-4-8-14/h2-12,16-17H,1H3. The van der Waals surface area contributed by atoms with Crippen molar-refractivity contribution in [1.82, 2.24) is 0 Å². The van der Waals surface area contributed by atoms with Crippen molar-refractivity contribution in [2.45, 2.75) is 12.8 Å². The van der Waals surface area contributed by atoms with Crippen LogP contribution in [0.1, 0.15) is 22.6 Å². The Morgan fingerprint density at radius 1 is 0.760 bits per heavy atom. The summed E-state index contributed by atoms with van der Waals surface area (Å²) in [7, 11) is 0. The van der Waals surface area contributed by atoms with Crippen molar-refractivity contribution >= 4 is 29.2 Å². The van der Waals surface area contributed by atoms with Gasteiger partial charge in [0.2, 0.25) is 23.1 Å². The Balaban J connectivity index is 1.91. The first-order chi connectivity index (χ1) is 12.0. The minimum absolute atomic E-state index is 0.391. The normalized spacial score (nSPS) is 21.2. The lowest BCUT2D eigenvalue weighted by Gasteiger charge is -2.22. The molecule has 124 valence electrons. The maximum atomic E-state index is 12.5. The lowest BCUT2D eigenvalue weighted by molar-refractivity contribution is -0.151. The number of allylic oxidation sites excluding steroid dienone is 1. The molecular formula is C21H16O4. The Morgan fingerprint density at radius 2 is 1.40 bits per heavy atom. The Labute approximate surface area is 145 Å². The van der Waals surface area contributed by atoms with Gasteiger partial charge in [-0.3, -0.25) is 19.2 Å². The highest BCUT2D eigenvalue weighted by Crippen LogP contribution is 2.28. The van der Waals surface area contributed by atoms with Crippen LogP contribution in [0.3, 0.4) is 0 Å². The number of hydrogen-bond donors (Lipinski definition) is 0. The molecule has 4 nitrogen and oxygen atoms in total. The Morgan fingerprint density at radius 3 is 2.00 bits per heavy atom. The maximum Gasteiger partial charge on any atom is 0.214 e. The number of benzene rings is 2. The summed E-state index contributed by atoms with van der Waals surface area (Å²) in [6, 6.07) is 15.8. The monoisotopic (exact) mass is 332 g/mol. The van der Waals surface area contributed by atoms with E-state index in [1.54, 1.807) is 36.4 Å². The minimum atomic E-state index is -1.33. The molecule has 2 aromatic rings. The number of carbonyl (C=O) groups is 4. The lowest BCUT2D eigenvalue weighted by Crippen LogP contribution is -2.46. The van der Waals surface area contributed by atoms with E-state index in [1.807, 2.05) is 31.2 Å². The molecule has 0 radical (unpaired) electrons. The molecule has 1 aliphatic rings. The van der Waals surface area contributed by atoms with Crippen molar-refractivity contribution in [3.63, 3.8) is 0 Å². The van der Waals surface area contributed by atoms with Crippen LogP contribution in [-0.4, -0.2) is 23.1 Å². The molecule has 3 rings (SSSR count). The molecule has 0 atom stereocenters. The van der Waals surface area contributed by atoms with Crippen LogP contribution in [0, 0.1) is 12.8 Å². The van der Waals surface area contributed by atoms with E-state index in [2.05, 4.69) is 0 Å². The number of rotatable bonds is 3. The van der Waals surface area contributed by atoms with E-state index >= 15 is 0 Å². The predicted molar refractivity (Wildman–Crippen MR) is 92.9 cm³/mol. The van der Waals surface area contributed by atoms with Crippen LogP contribution >= 0.6 is 0 Å². The van der Waals surface area contributed by atoms with Gasteiger partial charge in [0.05, 0.1) is 0 Å². The molecule has 0 amide bonds. The van der Waals surface area contributed by atoms with Crippen LogP contribution in [0.4, 0.5) is 0 Å². The van der Waals surface area contributed by atoms with Crippen LogP contribution in [0.2, 0.25) is 0 Å². The lowest BCUT2D eigenvalue weighted by atomic mass is 9.74. The van der Waals surface area contributed by atoms with Crippen molar-refractivity contribution in [3.8, 4) is 0 Å². The Kier molecular flexibility index (Phi) is 4.52. The molecule has 2 aromatic carbocycles. The van der Waals surface area contributed by atoms with Gasteiger partial charge in [-0.1, -0.05) is 72.3 Å². The highest BCUT2D eigenvalue weighted by Gasteiger charge is 2.48. The molecule has 0 aliphatic heterocycles. The van der Waals surface area contributed by atoms with Gasteiger partial charge in [-0.05, 0) is 18.1 Å². The number of Topliss-reactive ketones (excluding diaryl/α,β-unsaturated/α-hetero) is 4. The summed E-state index contributed by atoms with van der Waals surface area (Å²) in [5, 5.41) is 0. The molecule has 0 bridgehead atoms. The molecule has 0 aromatic heterocycles. The van der Waals surface area contributed by atoms with Gasteiger partial charge < -0.3 is 0 Å². The van der Waals surface area contributed by atoms with Crippen molar-refractivity contribution in [2.75, 3.05) is 0 Å². The number of hydrogen-bond acceptors (Lipinski definition) is 4. The Hall–Kier alpha value is -3.14. The molecule has 1 fully saturated rings. The average molecular weight is 332 g/mol. The van der Waals surface area contributed by atoms with E-state index in [9.17, 15) is 19.2 Å². The van der Waals surface area contributed by atoms with Gasteiger partial charge in [-0.15, -0.1) is 0 Å². The van der Waals surface area contributed by atoms with E-state index in [0.29, 0.717) is 5.56 Å². The van der Waals surface area contributed by atoms with Crippen molar-refractivity contribution in [2.24, 2.45) is 5.92 Å². The summed E-state index contributed by atoms with van der Waals surface area (Å²) in [5.41, 5.74) is 2.02. The number of aryl methyl sites for hydroxylation is 1. The fourth-order valence-corrected chi connectivity index (χ4v) is 2.93. The SMILES string of the molecule is Cc1cccc(C2C(=O)C(=O)C(C=Cc3ccccc3)C(=O)C2=O)c1. The van der Waals surface area contributed by atoms with E-state index < -0.39 is 35.0 Å². The van der Waals surface area contributed by atoms with E-state index in [-0.39, 0.29) is 0 Å². The first kappa shape index (κ1) is 16.7. The van der Waals surface area contributed by atoms with Gasteiger partial charge in [0.25, 0.3) is 0 Å². The average Bonchev–Trinajstić information content (AvgIpc) is 2.61. The van der Waals surface area contributed by atoms with Gasteiger partial charge in [-0.25, -0.2) is 0 Å². The smallest absolute Gasteiger partial charge is 0.214 e. The second kappa shape index (κ2) is 6.77. The second-order valence-electron chi connectivity index (χ2n) is 6.05. The van der Waals surface area contributed by atoms with Crippen LogP contribution in [0.15, 0.2) is 60.7 Å². The van der Waals surface area contributed by atoms with Gasteiger partial charge in [-0.2, -0.15) is 0 Å². The second-order valence-corrected chi connectivity index (χ2v) is 6.05. The van der Waals surface area contributed by atoms with E-state index in [0.717, 1.165) is 11.1 Å². The maximum absolute atomic E-state index is 12.5. The van der Waals surface area contributed by atoms with Crippen LogP contribution in [0.25, 0.3) is 6.08 Å². The zero-order chi connectivity index (χ0) is 18.0. The number of carbonyl (C=O) groups excluding carboxylic acids is 4. The van der Waals surface area contributed by atoms with E-state index in [1.165, 1.54) is 6.08 Å². The van der Waals surface area contributed by atoms with E-state index in [4.69, 9.17) is 0 Å². The molecule has 0 saturated heterocycles. The fraction of sp³-hybridized carbons (Fsp3) is 0.143. The summed E-state index contributed by atoms with van der Waals surface area (Å²) in [6.45, 7) is 1.82. The zero-order valence-corrected chi connectivity index (χ0v) is 13.6. The van der Waals surface area contributed by atoms with Crippen LogP contribution in [0.5, 0.6) is 0 Å². The highest BCUT2D eigenvalue weighted by atomic mass is 16.2. The number of ketones is 4. The van der Waals surface area contributed by atoms with Gasteiger partial charge in [0.15, 0.2) is 0 Å². The zero-order valence-electron chi connectivity index (χ0n) is 13.6. The summed E-state index contributed by atoms with van der Waals surface area (Å²) in [6.07, 6.45) is 2.91. The minimum Gasteiger partial charge on any atom is -0.290 e. The molecule has 4 heteroatoms. The van der Waals surface area contributed by atoms with Crippen molar-refractivity contribution in [3.05, 3.63) is 77.4 Å². The molecule has 0 N–H and O–H groups in total. The Bertz CT molecular complexity index is 865. The summed E-state index contributed by atoms with van der Waals surface area (Å²) < 4.78 is 0. The van der Waals surface area contributed by atoms with Crippen molar-refractivity contribution < 1.29 is 19.2 Å². The highest BCUT2D eigenvalue weighted by molar-refractivity contribution is 6.62. The summed E-state index contributed by atoms with van der Waals surface area (Å²) in [5.74, 6) is -5.95. The summed E-state index contributed by atoms with van der Waals surface area (Å²) in [4.78, 5) is 49.7. The summed E-state index contributed by atoms with van der Waals surface area (Å²) >= 11 is 0. The quantitative estimate of drug-likeness (QED) is 0.640. The van der Waals surface area contributed by atoms with Gasteiger partial charge in [0, 0.05) is 0 Å². The molecule has 1 saturated carbocycles. The molecular weight excluding hydrogens is 316 g/mol. The predicted octanol–water partition coefficient (Wildman–Crippen LogP) is 2.70. The molecule has 25 heavy (non-hydrogen) atoms. The van der Waals surface area contributed by atoms with Crippen LogP contribution < -0.4 is 0 Å². The first-order valence-electron chi connectivity index (χ1n) is 7.95. The third kappa shape index (κ3) is 3.24. The molecule has 0 spiro atoms. The van der Waals surface area contributed by atoms with Crippen molar-refractivity contribution in [1.29, 1.82) is 0 Å². The fourth-order valence-electron chi connectivity index (χ4n) is 2.93. The first-order valence-corrected chi connectivity index (χ1v) is 7.95. The van der Waals surface area contributed by atoms with Gasteiger partial charge >= 0.3 is 0 Å². The molecule has 0 heterocycles. The third-order valence-electron chi connectivity index (χ3n) is 4.23. The molecule has 1 aliphatic carbocycles. The largest absolute Gasteiger partial charge is 0.290 e. The topological polar surface area (TPSA) is 68.3 Å². The van der Waals surface area contributed by atoms with Crippen LogP contribution in [-0.2, 0) is 19.2 Å². The third-order valence-corrected chi connectivity index (χ3v) is 4.23. The van der Waals surface area contributed by atoms with Gasteiger partial charge in [0.1, 0.15) is 11.8 Å².